The Balaban J connectivity index is 2.27. The summed E-state index contributed by atoms with van der Waals surface area (Å²) >= 11 is 0. The molecular weight excluding hydrogens is 279 g/mol. The third kappa shape index (κ3) is 8.07. The molecule has 0 fully saturated rings. The zero-order valence-electron chi connectivity index (χ0n) is 12.7. The molecule has 1 N–H and O–H groups in total. The van der Waals surface area contributed by atoms with Gasteiger partial charge in [-0.25, -0.2) is 0 Å². The van der Waals surface area contributed by atoms with Crippen molar-refractivity contribution in [3.8, 4) is 0 Å². The van der Waals surface area contributed by atoms with Crippen LogP contribution in [-0.4, -0.2) is 25.9 Å². The molecule has 1 aromatic carbocycles. The molecule has 0 bridgehead atoms. The number of nitrogens with one attached hydrogen (secondary N) is 1. The summed E-state index contributed by atoms with van der Waals surface area (Å²) in [7, 11) is 0. The van der Waals surface area contributed by atoms with Crippen LogP contribution in [0.15, 0.2) is 24.3 Å². The lowest BCUT2D eigenvalue weighted by Crippen LogP contribution is -2.26. The second-order valence-corrected chi connectivity index (χ2v) is 5.19. The number of hydrogen-bond donors (Lipinski definition) is 1. The van der Waals surface area contributed by atoms with E-state index in [2.05, 4.69) is 41.2 Å². The first kappa shape index (κ1) is 18.0. The summed E-state index contributed by atoms with van der Waals surface area (Å²) in [5, 5.41) is 3.16. The SMILES string of the molecule is CCCCc1ccc(C(C)NCCOCC(F)(F)F)cc1. The van der Waals surface area contributed by atoms with E-state index in [1.807, 2.05) is 6.92 Å². The Morgan fingerprint density at radius 2 is 1.86 bits per heavy atom. The van der Waals surface area contributed by atoms with Crippen molar-refractivity contribution < 1.29 is 17.9 Å². The Kier molecular flexibility index (Phi) is 7.75. The van der Waals surface area contributed by atoms with Gasteiger partial charge in [0.05, 0.1) is 6.61 Å². The highest BCUT2D eigenvalue weighted by Gasteiger charge is 2.27. The molecular formula is C16H24F3NO. The van der Waals surface area contributed by atoms with Crippen LogP contribution in [0.5, 0.6) is 0 Å². The number of alkyl halides is 3. The van der Waals surface area contributed by atoms with Gasteiger partial charge in [0.2, 0.25) is 0 Å². The van der Waals surface area contributed by atoms with Crippen LogP contribution < -0.4 is 5.32 Å². The van der Waals surface area contributed by atoms with Crippen LogP contribution in [0.3, 0.4) is 0 Å². The van der Waals surface area contributed by atoms with Gasteiger partial charge in [-0.15, -0.1) is 0 Å². The molecule has 1 unspecified atom stereocenters. The fourth-order valence-corrected chi connectivity index (χ4v) is 2.01. The number of hydrogen-bond acceptors (Lipinski definition) is 2. The van der Waals surface area contributed by atoms with Crippen molar-refractivity contribution in [3.05, 3.63) is 35.4 Å². The van der Waals surface area contributed by atoms with Crippen LogP contribution in [0.25, 0.3) is 0 Å². The summed E-state index contributed by atoms with van der Waals surface area (Å²) in [5.41, 5.74) is 2.45. The molecule has 120 valence electrons. The van der Waals surface area contributed by atoms with Crippen molar-refractivity contribution in [1.82, 2.24) is 5.32 Å². The van der Waals surface area contributed by atoms with E-state index >= 15 is 0 Å². The quantitative estimate of drug-likeness (QED) is 0.688. The van der Waals surface area contributed by atoms with Crippen LogP contribution in [0.2, 0.25) is 0 Å². The highest BCUT2D eigenvalue weighted by molar-refractivity contribution is 5.24. The second kappa shape index (κ2) is 9.05. The molecule has 0 amide bonds. The van der Waals surface area contributed by atoms with Crippen molar-refractivity contribution in [3.63, 3.8) is 0 Å². The molecule has 5 heteroatoms. The third-order valence-electron chi connectivity index (χ3n) is 3.26. The Bertz CT molecular complexity index is 390. The van der Waals surface area contributed by atoms with E-state index < -0.39 is 12.8 Å². The van der Waals surface area contributed by atoms with Crippen molar-refractivity contribution in [2.75, 3.05) is 19.8 Å². The molecule has 1 rings (SSSR count). The number of ether oxygens (including phenoxy) is 1. The molecule has 21 heavy (non-hydrogen) atoms. The molecule has 0 spiro atoms. The summed E-state index contributed by atoms with van der Waals surface area (Å²) < 4.78 is 40.2. The summed E-state index contributed by atoms with van der Waals surface area (Å²) in [4.78, 5) is 0. The van der Waals surface area contributed by atoms with Gasteiger partial charge in [-0.2, -0.15) is 13.2 Å². The van der Waals surface area contributed by atoms with Gasteiger partial charge in [0.25, 0.3) is 0 Å². The molecule has 0 saturated carbocycles. The van der Waals surface area contributed by atoms with Crippen molar-refractivity contribution in [2.45, 2.75) is 45.3 Å². The minimum Gasteiger partial charge on any atom is -0.371 e. The summed E-state index contributed by atoms with van der Waals surface area (Å²) in [6, 6.07) is 8.46. The highest BCUT2D eigenvalue weighted by atomic mass is 19.4. The second-order valence-electron chi connectivity index (χ2n) is 5.19. The van der Waals surface area contributed by atoms with Crippen LogP contribution in [0.4, 0.5) is 13.2 Å². The molecule has 0 radical (unpaired) electrons. The lowest BCUT2D eigenvalue weighted by Gasteiger charge is -2.15. The van der Waals surface area contributed by atoms with Crippen LogP contribution in [0, 0.1) is 0 Å². The fraction of sp³-hybridized carbons (Fsp3) is 0.625. The fourth-order valence-electron chi connectivity index (χ4n) is 2.01. The lowest BCUT2D eigenvalue weighted by atomic mass is 10.0. The number of unbranched alkanes of at least 4 members (excludes halogenated alkanes) is 1. The Morgan fingerprint density at radius 1 is 1.19 bits per heavy atom. The molecule has 0 aliphatic carbocycles. The standard InChI is InChI=1S/C16H24F3NO/c1-3-4-5-14-6-8-15(9-7-14)13(2)20-10-11-21-12-16(17,18)19/h6-9,13,20H,3-5,10-12H2,1-2H3. The average molecular weight is 303 g/mol. The molecule has 0 aliphatic rings. The Morgan fingerprint density at radius 3 is 2.43 bits per heavy atom. The van der Waals surface area contributed by atoms with E-state index in [-0.39, 0.29) is 12.6 Å². The largest absolute Gasteiger partial charge is 0.411 e. The smallest absolute Gasteiger partial charge is 0.371 e. The van der Waals surface area contributed by atoms with Gasteiger partial charge in [-0.1, -0.05) is 37.6 Å². The zero-order chi connectivity index (χ0) is 15.7. The average Bonchev–Trinajstić information content (AvgIpc) is 2.44. The monoisotopic (exact) mass is 303 g/mol. The molecule has 0 aromatic heterocycles. The van der Waals surface area contributed by atoms with E-state index in [9.17, 15) is 13.2 Å². The van der Waals surface area contributed by atoms with Crippen molar-refractivity contribution in [2.24, 2.45) is 0 Å². The summed E-state index contributed by atoms with van der Waals surface area (Å²) in [5.74, 6) is 0. The molecule has 2 nitrogen and oxygen atoms in total. The maximum Gasteiger partial charge on any atom is 0.411 e. The number of aryl methyl sites for hydroxylation is 1. The minimum absolute atomic E-state index is 0.0540. The van der Waals surface area contributed by atoms with Gasteiger partial charge in [0.15, 0.2) is 0 Å². The van der Waals surface area contributed by atoms with E-state index in [0.29, 0.717) is 6.54 Å². The maximum absolute atomic E-state index is 11.9. The van der Waals surface area contributed by atoms with E-state index in [1.54, 1.807) is 0 Å². The van der Waals surface area contributed by atoms with Gasteiger partial charge >= 0.3 is 6.18 Å². The van der Waals surface area contributed by atoms with Gasteiger partial charge in [-0.3, -0.25) is 0 Å². The van der Waals surface area contributed by atoms with Gasteiger partial charge < -0.3 is 10.1 Å². The number of benzene rings is 1. The first-order valence-electron chi connectivity index (χ1n) is 7.39. The Labute approximate surface area is 124 Å². The molecule has 1 aromatic rings. The van der Waals surface area contributed by atoms with E-state index in [0.717, 1.165) is 12.0 Å². The molecule has 0 heterocycles. The number of rotatable bonds is 9. The topological polar surface area (TPSA) is 21.3 Å². The Hall–Kier alpha value is -1.07. The maximum atomic E-state index is 11.9. The van der Waals surface area contributed by atoms with Crippen molar-refractivity contribution in [1.29, 1.82) is 0 Å². The predicted octanol–water partition coefficient (Wildman–Crippen LogP) is 4.26. The first-order chi connectivity index (χ1) is 9.92. The number of halogens is 3. The van der Waals surface area contributed by atoms with Gasteiger partial charge in [0, 0.05) is 12.6 Å². The van der Waals surface area contributed by atoms with E-state index in [1.165, 1.54) is 18.4 Å². The third-order valence-corrected chi connectivity index (χ3v) is 3.26. The lowest BCUT2D eigenvalue weighted by molar-refractivity contribution is -0.173. The summed E-state index contributed by atoms with van der Waals surface area (Å²) in [6.45, 7) is 3.43. The van der Waals surface area contributed by atoms with Crippen LogP contribution in [-0.2, 0) is 11.2 Å². The highest BCUT2D eigenvalue weighted by Crippen LogP contribution is 2.15. The molecule has 0 saturated heterocycles. The van der Waals surface area contributed by atoms with Crippen molar-refractivity contribution >= 4 is 0 Å². The summed E-state index contributed by atoms with van der Waals surface area (Å²) in [6.07, 6.45) is -0.800. The normalized spacial score (nSPS) is 13.4. The molecule has 0 aliphatic heterocycles. The minimum atomic E-state index is -4.25. The molecule has 1 atom stereocenters. The van der Waals surface area contributed by atoms with Crippen LogP contribution >= 0.6 is 0 Å². The zero-order valence-corrected chi connectivity index (χ0v) is 12.7. The first-order valence-corrected chi connectivity index (χ1v) is 7.39. The van der Waals surface area contributed by atoms with Gasteiger partial charge in [0.1, 0.15) is 6.61 Å². The van der Waals surface area contributed by atoms with Gasteiger partial charge in [-0.05, 0) is 30.9 Å². The predicted molar refractivity (Wildman–Crippen MR) is 78.3 cm³/mol. The van der Waals surface area contributed by atoms with E-state index in [4.69, 9.17) is 0 Å². The van der Waals surface area contributed by atoms with Crippen LogP contribution in [0.1, 0.15) is 43.9 Å².